The maximum atomic E-state index is 10.1. The second-order valence-corrected chi connectivity index (χ2v) is 5.27. The van der Waals surface area contributed by atoms with Crippen LogP contribution in [0.5, 0.6) is 0 Å². The van der Waals surface area contributed by atoms with Crippen LogP contribution in [-0.4, -0.2) is 5.11 Å². The van der Waals surface area contributed by atoms with Crippen molar-refractivity contribution in [2.24, 2.45) is 5.73 Å². The largest absolute Gasteiger partial charge is 0.386 e. The Morgan fingerprint density at radius 1 is 1.12 bits per heavy atom. The Labute approximate surface area is 103 Å². The third-order valence-electron chi connectivity index (χ3n) is 2.41. The summed E-state index contributed by atoms with van der Waals surface area (Å²) in [6, 6.07) is 12.7. The molecule has 0 aliphatic heterocycles. The van der Waals surface area contributed by atoms with Crippen LogP contribution in [-0.2, 0) is 0 Å². The molecule has 0 spiro atoms. The normalized spacial score (nSPS) is 14.7. The van der Waals surface area contributed by atoms with Gasteiger partial charge in [-0.3, -0.25) is 0 Å². The van der Waals surface area contributed by atoms with Crippen molar-refractivity contribution in [3.05, 3.63) is 57.2 Å². The fraction of sp³-hybridized carbons (Fsp3) is 0.167. The van der Waals surface area contributed by atoms with Crippen LogP contribution in [0.4, 0.5) is 0 Å². The van der Waals surface area contributed by atoms with E-state index in [0.29, 0.717) is 4.34 Å². The fourth-order valence-corrected chi connectivity index (χ4v) is 2.62. The van der Waals surface area contributed by atoms with E-state index >= 15 is 0 Å². The maximum absolute atomic E-state index is 10.1. The molecule has 0 saturated carbocycles. The first-order valence-corrected chi connectivity index (χ1v) is 6.12. The van der Waals surface area contributed by atoms with Gasteiger partial charge in [0.15, 0.2) is 0 Å². The van der Waals surface area contributed by atoms with Crippen LogP contribution in [0, 0.1) is 0 Å². The molecule has 2 nitrogen and oxygen atoms in total. The molecule has 2 aromatic rings. The third-order valence-corrected chi connectivity index (χ3v) is 3.71. The molecular weight excluding hydrogens is 242 g/mol. The number of hydrogen-bond acceptors (Lipinski definition) is 3. The molecule has 2 atom stereocenters. The molecule has 16 heavy (non-hydrogen) atoms. The lowest BCUT2D eigenvalue weighted by Gasteiger charge is -2.17. The predicted molar refractivity (Wildman–Crippen MR) is 67.7 cm³/mol. The molecule has 4 heteroatoms. The van der Waals surface area contributed by atoms with E-state index in [9.17, 15) is 5.11 Å². The highest BCUT2D eigenvalue weighted by Gasteiger charge is 2.19. The van der Waals surface area contributed by atoms with E-state index in [-0.39, 0.29) is 0 Å². The quantitative estimate of drug-likeness (QED) is 0.883. The zero-order valence-corrected chi connectivity index (χ0v) is 10.1. The molecule has 0 bridgehead atoms. The summed E-state index contributed by atoms with van der Waals surface area (Å²) in [7, 11) is 0. The van der Waals surface area contributed by atoms with Crippen LogP contribution in [0.1, 0.15) is 22.6 Å². The fourth-order valence-electron chi connectivity index (χ4n) is 1.52. The van der Waals surface area contributed by atoms with Gasteiger partial charge in [-0.1, -0.05) is 41.9 Å². The Balaban J connectivity index is 2.19. The van der Waals surface area contributed by atoms with Crippen LogP contribution >= 0.6 is 22.9 Å². The highest BCUT2D eigenvalue weighted by atomic mass is 35.5. The van der Waals surface area contributed by atoms with Gasteiger partial charge in [0, 0.05) is 4.88 Å². The highest BCUT2D eigenvalue weighted by Crippen LogP contribution is 2.33. The first-order chi connectivity index (χ1) is 7.68. The van der Waals surface area contributed by atoms with Gasteiger partial charge < -0.3 is 10.8 Å². The molecule has 0 aliphatic rings. The van der Waals surface area contributed by atoms with Gasteiger partial charge in [0.2, 0.25) is 0 Å². The Morgan fingerprint density at radius 2 is 1.81 bits per heavy atom. The van der Waals surface area contributed by atoms with Crippen molar-refractivity contribution < 1.29 is 5.11 Å². The summed E-state index contributed by atoms with van der Waals surface area (Å²) in [5.74, 6) is 0. The maximum Gasteiger partial charge on any atom is 0.107 e. The molecule has 0 fully saturated rings. The van der Waals surface area contributed by atoms with Gasteiger partial charge in [0.25, 0.3) is 0 Å². The second kappa shape index (κ2) is 4.97. The van der Waals surface area contributed by atoms with Crippen molar-refractivity contribution in [2.75, 3.05) is 0 Å². The van der Waals surface area contributed by atoms with E-state index in [1.807, 2.05) is 30.3 Å². The number of nitrogens with two attached hydrogens (primary N) is 1. The summed E-state index contributed by atoms with van der Waals surface area (Å²) in [5, 5.41) is 10.1. The van der Waals surface area contributed by atoms with Crippen molar-refractivity contribution in [2.45, 2.75) is 12.1 Å². The Hall–Kier alpha value is -0.870. The predicted octanol–water partition coefficient (Wildman–Crippen LogP) is 3.13. The number of aliphatic hydroxyl groups excluding tert-OH is 1. The number of rotatable bonds is 3. The minimum atomic E-state index is -0.708. The summed E-state index contributed by atoms with van der Waals surface area (Å²) in [6.07, 6.45) is -0.708. The lowest BCUT2D eigenvalue weighted by Crippen LogP contribution is -2.18. The molecule has 3 N–H and O–H groups in total. The van der Waals surface area contributed by atoms with E-state index in [4.69, 9.17) is 17.3 Å². The average molecular weight is 254 g/mol. The summed E-state index contributed by atoms with van der Waals surface area (Å²) in [6.45, 7) is 0. The minimum absolute atomic E-state index is 0.420. The molecule has 1 heterocycles. The summed E-state index contributed by atoms with van der Waals surface area (Å²) in [5.41, 5.74) is 6.91. The van der Waals surface area contributed by atoms with Crippen molar-refractivity contribution in [1.82, 2.24) is 0 Å². The van der Waals surface area contributed by atoms with E-state index < -0.39 is 12.1 Å². The molecule has 0 saturated heterocycles. The molecule has 1 aromatic carbocycles. The summed E-state index contributed by atoms with van der Waals surface area (Å²) in [4.78, 5) is 0.793. The second-order valence-electron chi connectivity index (χ2n) is 3.52. The van der Waals surface area contributed by atoms with E-state index in [1.54, 1.807) is 12.1 Å². The van der Waals surface area contributed by atoms with Gasteiger partial charge in [-0.25, -0.2) is 0 Å². The molecular formula is C12H12ClNOS. The average Bonchev–Trinajstić information content (AvgIpc) is 2.75. The van der Waals surface area contributed by atoms with Crippen LogP contribution in [0.25, 0.3) is 0 Å². The topological polar surface area (TPSA) is 46.2 Å². The van der Waals surface area contributed by atoms with Crippen LogP contribution in [0.15, 0.2) is 42.5 Å². The lowest BCUT2D eigenvalue weighted by molar-refractivity contribution is 0.150. The summed E-state index contributed by atoms with van der Waals surface area (Å²) >= 11 is 7.18. The number of thiophene rings is 1. The van der Waals surface area contributed by atoms with Gasteiger partial charge in [-0.05, 0) is 17.7 Å². The minimum Gasteiger partial charge on any atom is -0.386 e. The Morgan fingerprint density at radius 3 is 2.38 bits per heavy atom. The molecule has 0 aliphatic carbocycles. The van der Waals surface area contributed by atoms with Crippen molar-refractivity contribution >= 4 is 22.9 Å². The Bertz CT molecular complexity index is 457. The van der Waals surface area contributed by atoms with Crippen LogP contribution < -0.4 is 5.73 Å². The van der Waals surface area contributed by atoms with Gasteiger partial charge in [-0.2, -0.15) is 0 Å². The molecule has 84 valence electrons. The van der Waals surface area contributed by atoms with E-state index in [1.165, 1.54) is 11.3 Å². The van der Waals surface area contributed by atoms with Gasteiger partial charge >= 0.3 is 0 Å². The van der Waals surface area contributed by atoms with Gasteiger partial charge in [0.05, 0.1) is 10.4 Å². The molecule has 2 rings (SSSR count). The molecule has 0 amide bonds. The zero-order chi connectivity index (χ0) is 11.5. The monoisotopic (exact) mass is 253 g/mol. The smallest absolute Gasteiger partial charge is 0.107 e. The first-order valence-electron chi connectivity index (χ1n) is 4.92. The highest BCUT2D eigenvalue weighted by molar-refractivity contribution is 7.16. The molecule has 1 aromatic heterocycles. The number of aliphatic hydroxyl groups is 1. The van der Waals surface area contributed by atoms with Gasteiger partial charge in [-0.15, -0.1) is 11.3 Å². The number of hydrogen-bond donors (Lipinski definition) is 2. The van der Waals surface area contributed by atoms with Crippen LogP contribution in [0.3, 0.4) is 0 Å². The van der Waals surface area contributed by atoms with Crippen molar-refractivity contribution in [3.63, 3.8) is 0 Å². The zero-order valence-electron chi connectivity index (χ0n) is 8.51. The van der Waals surface area contributed by atoms with E-state index in [2.05, 4.69) is 0 Å². The molecule has 0 radical (unpaired) electrons. The summed E-state index contributed by atoms with van der Waals surface area (Å²) < 4.78 is 0.661. The van der Waals surface area contributed by atoms with Gasteiger partial charge in [0.1, 0.15) is 6.10 Å². The van der Waals surface area contributed by atoms with E-state index in [0.717, 1.165) is 10.4 Å². The van der Waals surface area contributed by atoms with Crippen molar-refractivity contribution in [1.29, 1.82) is 0 Å². The third kappa shape index (κ3) is 2.44. The SMILES string of the molecule is NC(c1ccccc1)C(O)c1ccc(Cl)s1. The number of benzene rings is 1. The Kier molecular flexibility index (Phi) is 3.61. The lowest BCUT2D eigenvalue weighted by atomic mass is 10.0. The van der Waals surface area contributed by atoms with Crippen molar-refractivity contribution in [3.8, 4) is 0 Å². The van der Waals surface area contributed by atoms with Crippen LogP contribution in [0.2, 0.25) is 4.34 Å². The first kappa shape index (κ1) is 11.6. The standard InChI is InChI=1S/C12H12ClNOS/c13-10-7-6-9(16-10)12(15)11(14)8-4-2-1-3-5-8/h1-7,11-12,15H,14H2. The molecule has 2 unspecified atom stereocenters. The number of halogens is 1.